The molecule has 2 rings (SSSR count). The molecule has 21 heavy (non-hydrogen) atoms. The van der Waals surface area contributed by atoms with Gasteiger partial charge in [0, 0.05) is 17.1 Å². The number of nitrogens with one attached hydrogen (secondary N) is 1. The number of hydrogen-bond donors (Lipinski definition) is 2. The Morgan fingerprint density at radius 1 is 1.33 bits per heavy atom. The van der Waals surface area contributed by atoms with Gasteiger partial charge in [-0.1, -0.05) is 15.9 Å². The molecule has 0 radical (unpaired) electrons. The SMILES string of the molecule is CC(C)OCC(O)COc1ccc(Br)c(CNC2CC2)c1. The van der Waals surface area contributed by atoms with Crippen molar-refractivity contribution in [2.24, 2.45) is 0 Å². The minimum atomic E-state index is -0.607. The highest BCUT2D eigenvalue weighted by molar-refractivity contribution is 9.10. The molecule has 0 amide bonds. The molecule has 1 aromatic carbocycles. The summed E-state index contributed by atoms with van der Waals surface area (Å²) in [5.41, 5.74) is 1.17. The van der Waals surface area contributed by atoms with Gasteiger partial charge in [-0.15, -0.1) is 0 Å². The van der Waals surface area contributed by atoms with E-state index in [1.165, 1.54) is 18.4 Å². The van der Waals surface area contributed by atoms with Crippen molar-refractivity contribution in [3.05, 3.63) is 28.2 Å². The van der Waals surface area contributed by atoms with Crippen LogP contribution in [0.1, 0.15) is 32.3 Å². The fourth-order valence-electron chi connectivity index (χ4n) is 1.86. The normalized spacial score (nSPS) is 16.2. The third kappa shape index (κ3) is 6.34. The fourth-order valence-corrected chi connectivity index (χ4v) is 2.25. The first kappa shape index (κ1) is 16.7. The topological polar surface area (TPSA) is 50.7 Å². The largest absolute Gasteiger partial charge is 0.491 e. The summed E-state index contributed by atoms with van der Waals surface area (Å²) in [6.45, 7) is 5.26. The molecule has 1 fully saturated rings. The van der Waals surface area contributed by atoms with Crippen molar-refractivity contribution >= 4 is 15.9 Å². The summed E-state index contributed by atoms with van der Waals surface area (Å²) in [4.78, 5) is 0. The molecular formula is C16H24BrNO3. The molecule has 0 aliphatic heterocycles. The van der Waals surface area contributed by atoms with Crippen molar-refractivity contribution < 1.29 is 14.6 Å². The Morgan fingerprint density at radius 2 is 2.10 bits per heavy atom. The van der Waals surface area contributed by atoms with Gasteiger partial charge >= 0.3 is 0 Å². The zero-order chi connectivity index (χ0) is 15.2. The lowest BCUT2D eigenvalue weighted by Crippen LogP contribution is -2.25. The van der Waals surface area contributed by atoms with E-state index in [0.717, 1.165) is 16.8 Å². The Balaban J connectivity index is 1.80. The lowest BCUT2D eigenvalue weighted by Gasteiger charge is -2.15. The highest BCUT2D eigenvalue weighted by Crippen LogP contribution is 2.25. The first-order valence-corrected chi connectivity index (χ1v) is 8.28. The quantitative estimate of drug-likeness (QED) is 0.713. The van der Waals surface area contributed by atoms with Crippen molar-refractivity contribution in [3.8, 4) is 5.75 Å². The smallest absolute Gasteiger partial charge is 0.119 e. The van der Waals surface area contributed by atoms with E-state index in [0.29, 0.717) is 12.6 Å². The molecule has 1 aliphatic rings. The van der Waals surface area contributed by atoms with Crippen LogP contribution in [0, 0.1) is 0 Å². The molecule has 4 nitrogen and oxygen atoms in total. The fraction of sp³-hybridized carbons (Fsp3) is 0.625. The van der Waals surface area contributed by atoms with Gasteiger partial charge in [-0.3, -0.25) is 0 Å². The number of hydrogen-bond acceptors (Lipinski definition) is 4. The highest BCUT2D eigenvalue weighted by atomic mass is 79.9. The molecule has 0 bridgehead atoms. The van der Waals surface area contributed by atoms with Gasteiger partial charge in [-0.05, 0) is 50.5 Å². The molecule has 118 valence electrons. The second-order valence-corrected chi connectivity index (χ2v) is 6.61. The molecule has 0 aromatic heterocycles. The highest BCUT2D eigenvalue weighted by Gasteiger charge is 2.20. The van der Waals surface area contributed by atoms with Crippen molar-refractivity contribution in [2.45, 2.75) is 51.5 Å². The molecule has 0 saturated heterocycles. The average molecular weight is 358 g/mol. The molecule has 1 saturated carbocycles. The van der Waals surface area contributed by atoms with E-state index in [2.05, 4.69) is 21.2 Å². The van der Waals surface area contributed by atoms with Crippen LogP contribution in [-0.2, 0) is 11.3 Å². The van der Waals surface area contributed by atoms with E-state index < -0.39 is 6.10 Å². The lowest BCUT2D eigenvalue weighted by atomic mass is 10.2. The van der Waals surface area contributed by atoms with Gasteiger partial charge in [0.15, 0.2) is 0 Å². The first-order chi connectivity index (χ1) is 10.0. The Morgan fingerprint density at radius 3 is 2.76 bits per heavy atom. The van der Waals surface area contributed by atoms with Crippen LogP contribution in [-0.4, -0.2) is 36.6 Å². The Bertz CT molecular complexity index is 449. The molecule has 1 atom stereocenters. The zero-order valence-electron chi connectivity index (χ0n) is 12.6. The number of aliphatic hydroxyl groups is 1. The van der Waals surface area contributed by atoms with E-state index in [1.54, 1.807) is 0 Å². The van der Waals surface area contributed by atoms with Crippen LogP contribution >= 0.6 is 15.9 Å². The van der Waals surface area contributed by atoms with E-state index in [1.807, 2.05) is 32.0 Å². The van der Waals surface area contributed by atoms with E-state index >= 15 is 0 Å². The minimum absolute atomic E-state index is 0.118. The molecule has 1 aliphatic carbocycles. The van der Waals surface area contributed by atoms with Crippen LogP contribution in [0.5, 0.6) is 5.75 Å². The second-order valence-electron chi connectivity index (χ2n) is 5.76. The molecule has 1 aromatic rings. The predicted molar refractivity (Wildman–Crippen MR) is 86.6 cm³/mol. The summed E-state index contributed by atoms with van der Waals surface area (Å²) in [6, 6.07) is 6.57. The van der Waals surface area contributed by atoms with Crippen LogP contribution in [0.2, 0.25) is 0 Å². The van der Waals surface area contributed by atoms with Crippen LogP contribution in [0.4, 0.5) is 0 Å². The Kier molecular flexibility index (Phi) is 6.48. The van der Waals surface area contributed by atoms with Gasteiger partial charge < -0.3 is 19.9 Å². The van der Waals surface area contributed by atoms with Gasteiger partial charge in [0.05, 0.1) is 12.7 Å². The van der Waals surface area contributed by atoms with Crippen LogP contribution in [0.3, 0.4) is 0 Å². The van der Waals surface area contributed by atoms with Gasteiger partial charge in [0.2, 0.25) is 0 Å². The number of benzene rings is 1. The predicted octanol–water partition coefficient (Wildman–Crippen LogP) is 2.87. The Hall–Kier alpha value is -0.620. The van der Waals surface area contributed by atoms with E-state index in [-0.39, 0.29) is 12.7 Å². The Labute approximate surface area is 135 Å². The summed E-state index contributed by atoms with van der Waals surface area (Å²) >= 11 is 3.56. The average Bonchev–Trinajstić information content (AvgIpc) is 3.27. The molecule has 0 heterocycles. The molecule has 2 N–H and O–H groups in total. The van der Waals surface area contributed by atoms with E-state index in [4.69, 9.17) is 9.47 Å². The standard InChI is InChI=1S/C16H24BrNO3/c1-11(2)20-9-14(19)10-21-15-5-6-16(17)12(7-15)8-18-13-3-4-13/h5-7,11,13-14,18-19H,3-4,8-10H2,1-2H3. The monoisotopic (exact) mass is 357 g/mol. The van der Waals surface area contributed by atoms with Crippen molar-refractivity contribution in [1.29, 1.82) is 0 Å². The summed E-state index contributed by atoms with van der Waals surface area (Å²) in [6.07, 6.45) is 2.06. The third-order valence-electron chi connectivity index (χ3n) is 3.24. The third-order valence-corrected chi connectivity index (χ3v) is 4.01. The van der Waals surface area contributed by atoms with Gasteiger partial charge in [-0.25, -0.2) is 0 Å². The van der Waals surface area contributed by atoms with Crippen LogP contribution in [0.25, 0.3) is 0 Å². The number of rotatable bonds is 9. The summed E-state index contributed by atoms with van der Waals surface area (Å²) in [7, 11) is 0. The van der Waals surface area contributed by atoms with Crippen molar-refractivity contribution in [2.75, 3.05) is 13.2 Å². The van der Waals surface area contributed by atoms with Crippen LogP contribution < -0.4 is 10.1 Å². The maximum Gasteiger partial charge on any atom is 0.119 e. The molecule has 1 unspecified atom stereocenters. The van der Waals surface area contributed by atoms with Crippen molar-refractivity contribution in [1.82, 2.24) is 5.32 Å². The van der Waals surface area contributed by atoms with Crippen molar-refractivity contribution in [3.63, 3.8) is 0 Å². The number of ether oxygens (including phenoxy) is 2. The van der Waals surface area contributed by atoms with Gasteiger partial charge in [0.25, 0.3) is 0 Å². The first-order valence-electron chi connectivity index (χ1n) is 7.49. The van der Waals surface area contributed by atoms with Crippen LogP contribution in [0.15, 0.2) is 22.7 Å². The molecular weight excluding hydrogens is 334 g/mol. The number of halogens is 1. The molecule has 5 heteroatoms. The maximum atomic E-state index is 9.80. The lowest BCUT2D eigenvalue weighted by molar-refractivity contribution is -0.0122. The maximum absolute atomic E-state index is 9.80. The molecule has 0 spiro atoms. The van der Waals surface area contributed by atoms with E-state index in [9.17, 15) is 5.11 Å². The van der Waals surface area contributed by atoms with Gasteiger partial charge in [-0.2, -0.15) is 0 Å². The second kappa shape index (κ2) is 8.13. The number of aliphatic hydroxyl groups excluding tert-OH is 1. The van der Waals surface area contributed by atoms with Gasteiger partial charge in [0.1, 0.15) is 18.5 Å². The minimum Gasteiger partial charge on any atom is -0.491 e. The summed E-state index contributed by atoms with van der Waals surface area (Å²) in [5, 5.41) is 13.3. The summed E-state index contributed by atoms with van der Waals surface area (Å²) < 4.78 is 12.1. The zero-order valence-corrected chi connectivity index (χ0v) is 14.2. The summed E-state index contributed by atoms with van der Waals surface area (Å²) in [5.74, 6) is 0.773.